The summed E-state index contributed by atoms with van der Waals surface area (Å²) < 4.78 is 10.4. The fraction of sp³-hybridized carbons (Fsp3) is 0.133. The van der Waals surface area contributed by atoms with E-state index in [1.165, 1.54) is 0 Å². The fourth-order valence-corrected chi connectivity index (χ4v) is 2.10. The molecule has 2 rings (SSSR count). The molecule has 110 valence electrons. The molecule has 0 saturated heterocycles. The highest BCUT2D eigenvalue weighted by atomic mass is 35.5. The molecular formula is C15H13Cl2NO3. The van der Waals surface area contributed by atoms with Crippen molar-refractivity contribution in [2.75, 3.05) is 19.0 Å². The van der Waals surface area contributed by atoms with Crippen LogP contribution in [0.5, 0.6) is 11.5 Å². The minimum Gasteiger partial charge on any atom is -0.497 e. The van der Waals surface area contributed by atoms with Gasteiger partial charge in [-0.3, -0.25) is 4.79 Å². The maximum Gasteiger partial charge on any atom is 0.262 e. The molecule has 21 heavy (non-hydrogen) atoms. The first-order valence-electron chi connectivity index (χ1n) is 6.10. The van der Waals surface area contributed by atoms with Crippen molar-refractivity contribution in [3.63, 3.8) is 0 Å². The summed E-state index contributed by atoms with van der Waals surface area (Å²) in [7, 11) is 1.56. The quantitative estimate of drug-likeness (QED) is 0.903. The number of halogens is 2. The Bertz CT molecular complexity index is 647. The third-order valence-corrected chi connectivity index (χ3v) is 3.14. The smallest absolute Gasteiger partial charge is 0.262 e. The molecule has 6 heteroatoms. The highest BCUT2D eigenvalue weighted by Crippen LogP contribution is 2.27. The van der Waals surface area contributed by atoms with Crippen molar-refractivity contribution in [1.82, 2.24) is 0 Å². The van der Waals surface area contributed by atoms with Gasteiger partial charge in [-0.05, 0) is 30.3 Å². The van der Waals surface area contributed by atoms with Gasteiger partial charge in [-0.15, -0.1) is 0 Å². The first-order chi connectivity index (χ1) is 10.1. The summed E-state index contributed by atoms with van der Waals surface area (Å²) in [6.45, 7) is -0.154. The number of hydrogen-bond acceptors (Lipinski definition) is 3. The summed E-state index contributed by atoms with van der Waals surface area (Å²) in [5, 5.41) is 3.57. The lowest BCUT2D eigenvalue weighted by atomic mass is 10.3. The minimum atomic E-state index is -0.297. The molecule has 0 spiro atoms. The van der Waals surface area contributed by atoms with E-state index in [1.54, 1.807) is 49.6 Å². The van der Waals surface area contributed by atoms with Gasteiger partial charge in [0.05, 0.1) is 12.1 Å². The Morgan fingerprint density at radius 3 is 2.71 bits per heavy atom. The van der Waals surface area contributed by atoms with Crippen molar-refractivity contribution in [1.29, 1.82) is 0 Å². The van der Waals surface area contributed by atoms with Crippen LogP contribution >= 0.6 is 23.2 Å². The number of hydrogen-bond donors (Lipinski definition) is 1. The Labute approximate surface area is 132 Å². The van der Waals surface area contributed by atoms with Crippen LogP contribution in [-0.4, -0.2) is 19.6 Å². The Hall–Kier alpha value is -1.91. The third-order valence-electron chi connectivity index (χ3n) is 2.61. The molecule has 2 aromatic carbocycles. The Kier molecular flexibility index (Phi) is 5.31. The largest absolute Gasteiger partial charge is 0.497 e. The lowest BCUT2D eigenvalue weighted by Crippen LogP contribution is -2.20. The maximum absolute atomic E-state index is 11.8. The number of methoxy groups -OCH3 is 1. The molecule has 1 amide bonds. The summed E-state index contributed by atoms with van der Waals surface area (Å²) in [6, 6.07) is 11.9. The van der Waals surface area contributed by atoms with Gasteiger partial charge >= 0.3 is 0 Å². The predicted molar refractivity (Wildman–Crippen MR) is 83.6 cm³/mol. The van der Waals surface area contributed by atoms with E-state index in [0.29, 0.717) is 27.2 Å². The second-order valence-electron chi connectivity index (χ2n) is 4.14. The van der Waals surface area contributed by atoms with Crippen LogP contribution in [0, 0.1) is 0 Å². The number of ether oxygens (including phenoxy) is 2. The van der Waals surface area contributed by atoms with Gasteiger partial charge in [0.1, 0.15) is 11.5 Å². The summed E-state index contributed by atoms with van der Waals surface area (Å²) in [5.74, 6) is 0.769. The van der Waals surface area contributed by atoms with Gasteiger partial charge < -0.3 is 14.8 Å². The second kappa shape index (κ2) is 7.20. The molecule has 4 nitrogen and oxygen atoms in total. The van der Waals surface area contributed by atoms with Crippen LogP contribution in [0.25, 0.3) is 0 Å². The molecule has 0 aliphatic rings. The number of nitrogens with one attached hydrogen (secondary N) is 1. The van der Waals surface area contributed by atoms with E-state index in [2.05, 4.69) is 5.32 Å². The molecule has 0 aliphatic heterocycles. The van der Waals surface area contributed by atoms with E-state index in [-0.39, 0.29) is 12.5 Å². The zero-order chi connectivity index (χ0) is 15.2. The number of benzene rings is 2. The highest BCUT2D eigenvalue weighted by molar-refractivity contribution is 6.35. The standard InChI is InChI=1S/C15H13Cl2NO3/c1-20-12-4-2-3-11(8-12)18-15(19)9-21-14-6-5-10(16)7-13(14)17/h2-8H,9H2,1H3,(H,18,19). The summed E-state index contributed by atoms with van der Waals surface area (Å²) >= 11 is 11.7. The van der Waals surface area contributed by atoms with E-state index >= 15 is 0 Å². The SMILES string of the molecule is COc1cccc(NC(=O)COc2ccc(Cl)cc2Cl)c1. The van der Waals surface area contributed by atoms with Crippen molar-refractivity contribution >= 4 is 34.8 Å². The van der Waals surface area contributed by atoms with Crippen LogP contribution in [0.1, 0.15) is 0 Å². The zero-order valence-electron chi connectivity index (χ0n) is 11.2. The van der Waals surface area contributed by atoms with Crippen molar-refractivity contribution in [2.45, 2.75) is 0 Å². The van der Waals surface area contributed by atoms with E-state index in [4.69, 9.17) is 32.7 Å². The Morgan fingerprint density at radius 1 is 1.19 bits per heavy atom. The van der Waals surface area contributed by atoms with Crippen LogP contribution in [0.3, 0.4) is 0 Å². The molecule has 0 heterocycles. The van der Waals surface area contributed by atoms with Crippen molar-refractivity contribution in [3.8, 4) is 11.5 Å². The van der Waals surface area contributed by atoms with Gasteiger partial charge in [0.25, 0.3) is 5.91 Å². The average Bonchev–Trinajstić information content (AvgIpc) is 2.46. The first-order valence-corrected chi connectivity index (χ1v) is 6.86. The molecule has 0 bridgehead atoms. The average molecular weight is 326 g/mol. The van der Waals surface area contributed by atoms with E-state index in [9.17, 15) is 4.79 Å². The number of amides is 1. The van der Waals surface area contributed by atoms with Crippen LogP contribution < -0.4 is 14.8 Å². The van der Waals surface area contributed by atoms with Gasteiger partial charge in [0.15, 0.2) is 6.61 Å². The van der Waals surface area contributed by atoms with Crippen LogP contribution in [0.2, 0.25) is 10.0 Å². The molecule has 0 atom stereocenters. The molecule has 0 unspecified atom stereocenters. The van der Waals surface area contributed by atoms with Gasteiger partial charge in [0, 0.05) is 16.8 Å². The molecule has 2 aromatic rings. The van der Waals surface area contributed by atoms with Gasteiger partial charge in [-0.2, -0.15) is 0 Å². The van der Waals surface area contributed by atoms with Crippen LogP contribution in [-0.2, 0) is 4.79 Å². The Balaban J connectivity index is 1.92. The molecule has 0 fully saturated rings. The monoisotopic (exact) mass is 325 g/mol. The minimum absolute atomic E-state index is 0.154. The lowest BCUT2D eigenvalue weighted by Gasteiger charge is -2.09. The molecule has 0 saturated carbocycles. The van der Waals surface area contributed by atoms with E-state index < -0.39 is 0 Å². The zero-order valence-corrected chi connectivity index (χ0v) is 12.7. The van der Waals surface area contributed by atoms with E-state index in [1.807, 2.05) is 0 Å². The first kappa shape index (κ1) is 15.5. The number of anilines is 1. The normalized spacial score (nSPS) is 10.0. The van der Waals surface area contributed by atoms with Crippen molar-refractivity contribution < 1.29 is 14.3 Å². The van der Waals surface area contributed by atoms with Gasteiger partial charge in [-0.25, -0.2) is 0 Å². The summed E-state index contributed by atoms with van der Waals surface area (Å²) in [4.78, 5) is 11.8. The maximum atomic E-state index is 11.8. The van der Waals surface area contributed by atoms with Crippen LogP contribution in [0.15, 0.2) is 42.5 Å². The number of carbonyl (C=O) groups is 1. The number of rotatable bonds is 5. The van der Waals surface area contributed by atoms with Gasteiger partial charge in [-0.1, -0.05) is 29.3 Å². The topological polar surface area (TPSA) is 47.6 Å². The Morgan fingerprint density at radius 2 is 2.00 bits per heavy atom. The molecular weight excluding hydrogens is 313 g/mol. The second-order valence-corrected chi connectivity index (χ2v) is 4.99. The fourth-order valence-electron chi connectivity index (χ4n) is 1.63. The predicted octanol–water partition coefficient (Wildman–Crippen LogP) is 4.02. The van der Waals surface area contributed by atoms with Gasteiger partial charge in [0.2, 0.25) is 0 Å². The summed E-state index contributed by atoms with van der Waals surface area (Å²) in [6.07, 6.45) is 0. The lowest BCUT2D eigenvalue weighted by molar-refractivity contribution is -0.118. The third kappa shape index (κ3) is 4.55. The highest BCUT2D eigenvalue weighted by Gasteiger charge is 2.07. The van der Waals surface area contributed by atoms with Crippen molar-refractivity contribution in [3.05, 3.63) is 52.5 Å². The summed E-state index contributed by atoms with van der Waals surface area (Å²) in [5.41, 5.74) is 0.630. The molecule has 0 radical (unpaired) electrons. The molecule has 0 aliphatic carbocycles. The number of carbonyl (C=O) groups excluding carboxylic acids is 1. The van der Waals surface area contributed by atoms with Crippen LogP contribution in [0.4, 0.5) is 5.69 Å². The van der Waals surface area contributed by atoms with E-state index in [0.717, 1.165) is 0 Å². The van der Waals surface area contributed by atoms with Crippen molar-refractivity contribution in [2.24, 2.45) is 0 Å². The molecule has 0 aromatic heterocycles. The molecule has 1 N–H and O–H groups in total.